The molecule has 0 radical (unpaired) electrons. The number of sulfonamides is 1. The van der Waals surface area contributed by atoms with Crippen molar-refractivity contribution in [3.8, 4) is 5.75 Å². The van der Waals surface area contributed by atoms with E-state index in [9.17, 15) is 13.2 Å². The zero-order valence-electron chi connectivity index (χ0n) is 12.3. The molecule has 0 unspecified atom stereocenters. The summed E-state index contributed by atoms with van der Waals surface area (Å²) in [7, 11) is -2.54. The molecule has 6 nitrogen and oxygen atoms in total. The van der Waals surface area contributed by atoms with Crippen LogP contribution in [0.1, 0.15) is 0 Å². The lowest BCUT2D eigenvalue weighted by atomic mass is 10.3. The van der Waals surface area contributed by atoms with E-state index in [1.165, 1.54) is 19.2 Å². The molecule has 0 bridgehead atoms. The second kappa shape index (κ2) is 7.01. The molecule has 0 aliphatic heterocycles. The lowest BCUT2D eigenvalue weighted by molar-refractivity contribution is -0.116. The summed E-state index contributed by atoms with van der Waals surface area (Å²) in [6, 6.07) is 12.6. The maximum atomic E-state index is 12.9. The van der Waals surface area contributed by atoms with Crippen LogP contribution in [-0.4, -0.2) is 28.0 Å². The van der Waals surface area contributed by atoms with Gasteiger partial charge in [0, 0.05) is 4.47 Å². The molecule has 0 saturated carbocycles. The van der Waals surface area contributed by atoms with Crippen molar-refractivity contribution in [1.29, 1.82) is 0 Å². The molecular weight excluding hydrogens is 384 g/mol. The van der Waals surface area contributed by atoms with Crippen LogP contribution in [0.25, 0.3) is 0 Å². The van der Waals surface area contributed by atoms with Gasteiger partial charge in [-0.2, -0.15) is 0 Å². The van der Waals surface area contributed by atoms with Crippen molar-refractivity contribution >= 4 is 37.5 Å². The lowest BCUT2D eigenvalue weighted by Gasteiger charge is -2.24. The number of rotatable bonds is 6. The minimum absolute atomic E-state index is 0.0489. The summed E-state index contributed by atoms with van der Waals surface area (Å²) in [5, 5.41) is 0. The fourth-order valence-corrected chi connectivity index (χ4v) is 3.72. The van der Waals surface area contributed by atoms with Crippen LogP contribution < -0.4 is 14.8 Å². The monoisotopic (exact) mass is 398 g/mol. The summed E-state index contributed by atoms with van der Waals surface area (Å²) < 4.78 is 32.7. The van der Waals surface area contributed by atoms with Gasteiger partial charge in [0.05, 0.1) is 17.7 Å². The zero-order chi connectivity index (χ0) is 17.0. The van der Waals surface area contributed by atoms with Gasteiger partial charge in [-0.1, -0.05) is 28.1 Å². The molecule has 0 fully saturated rings. The first-order valence-electron chi connectivity index (χ1n) is 6.56. The zero-order valence-corrected chi connectivity index (χ0v) is 14.7. The Morgan fingerprint density at radius 3 is 2.35 bits per heavy atom. The van der Waals surface area contributed by atoms with Gasteiger partial charge >= 0.3 is 0 Å². The van der Waals surface area contributed by atoms with Crippen molar-refractivity contribution in [2.45, 2.75) is 4.90 Å². The van der Waals surface area contributed by atoms with E-state index in [2.05, 4.69) is 15.9 Å². The summed E-state index contributed by atoms with van der Waals surface area (Å²) in [6.45, 7) is -0.487. The van der Waals surface area contributed by atoms with Crippen LogP contribution in [0, 0.1) is 0 Å². The van der Waals surface area contributed by atoms with E-state index < -0.39 is 22.5 Å². The molecule has 0 saturated heterocycles. The average Bonchev–Trinajstić information content (AvgIpc) is 2.52. The number of nitrogens with zero attached hydrogens (tertiary/aromatic N) is 1. The van der Waals surface area contributed by atoms with Crippen LogP contribution in [0.15, 0.2) is 57.9 Å². The van der Waals surface area contributed by atoms with Crippen molar-refractivity contribution in [2.75, 3.05) is 18.0 Å². The summed E-state index contributed by atoms with van der Waals surface area (Å²) in [5.74, 6) is -0.439. The van der Waals surface area contributed by atoms with Crippen LogP contribution in [0.3, 0.4) is 0 Å². The Bertz CT molecular complexity index is 806. The Labute approximate surface area is 143 Å². The first-order valence-corrected chi connectivity index (χ1v) is 8.79. The minimum atomic E-state index is -3.97. The first-order chi connectivity index (χ1) is 10.9. The van der Waals surface area contributed by atoms with E-state index in [-0.39, 0.29) is 10.6 Å². The summed E-state index contributed by atoms with van der Waals surface area (Å²) in [5.41, 5.74) is 5.47. The number of methoxy groups -OCH3 is 1. The van der Waals surface area contributed by atoms with Gasteiger partial charge in [0.1, 0.15) is 12.3 Å². The van der Waals surface area contributed by atoms with Crippen molar-refractivity contribution in [3.63, 3.8) is 0 Å². The highest BCUT2D eigenvalue weighted by Gasteiger charge is 2.28. The summed E-state index contributed by atoms with van der Waals surface area (Å²) >= 11 is 3.25. The number of amides is 1. The molecule has 0 aromatic heterocycles. The number of carbonyl (C=O) groups excluding carboxylic acids is 1. The first kappa shape index (κ1) is 17.3. The smallest absolute Gasteiger partial charge is 0.264 e. The third kappa shape index (κ3) is 3.83. The van der Waals surface area contributed by atoms with Gasteiger partial charge in [-0.05, 0) is 36.4 Å². The third-order valence-corrected chi connectivity index (χ3v) is 5.36. The largest absolute Gasteiger partial charge is 0.495 e. The number of carbonyl (C=O) groups is 1. The topological polar surface area (TPSA) is 89.7 Å². The number of anilines is 1. The predicted octanol–water partition coefficient (Wildman–Crippen LogP) is 2.14. The Balaban J connectivity index is 2.58. The Morgan fingerprint density at radius 1 is 1.17 bits per heavy atom. The van der Waals surface area contributed by atoms with Gasteiger partial charge in [0.25, 0.3) is 10.0 Å². The summed E-state index contributed by atoms with van der Waals surface area (Å²) in [4.78, 5) is 11.4. The Morgan fingerprint density at radius 2 is 1.78 bits per heavy atom. The molecule has 2 aromatic rings. The quantitative estimate of drug-likeness (QED) is 0.806. The maximum Gasteiger partial charge on any atom is 0.264 e. The molecule has 0 heterocycles. The van der Waals surface area contributed by atoms with Crippen LogP contribution in [-0.2, 0) is 14.8 Å². The van der Waals surface area contributed by atoms with Crippen molar-refractivity contribution in [3.05, 3.63) is 53.0 Å². The molecule has 2 aromatic carbocycles. The number of ether oxygens (including phenoxy) is 1. The number of hydrogen-bond acceptors (Lipinski definition) is 4. The van der Waals surface area contributed by atoms with E-state index in [0.717, 1.165) is 8.78 Å². The third-order valence-electron chi connectivity index (χ3n) is 3.05. The summed E-state index contributed by atoms with van der Waals surface area (Å²) in [6.07, 6.45) is 0. The molecule has 0 atom stereocenters. The van der Waals surface area contributed by atoms with Crippen LogP contribution in [0.5, 0.6) is 5.75 Å². The molecule has 0 aliphatic carbocycles. The second-order valence-corrected chi connectivity index (χ2v) is 7.38. The van der Waals surface area contributed by atoms with Gasteiger partial charge in [-0.15, -0.1) is 0 Å². The van der Waals surface area contributed by atoms with Gasteiger partial charge in [-0.25, -0.2) is 8.42 Å². The van der Waals surface area contributed by atoms with E-state index in [4.69, 9.17) is 10.5 Å². The van der Waals surface area contributed by atoms with Crippen molar-refractivity contribution < 1.29 is 17.9 Å². The van der Waals surface area contributed by atoms with E-state index in [0.29, 0.717) is 5.75 Å². The van der Waals surface area contributed by atoms with Crippen LogP contribution >= 0.6 is 15.9 Å². The lowest BCUT2D eigenvalue weighted by Crippen LogP contribution is -2.38. The highest BCUT2D eigenvalue weighted by molar-refractivity contribution is 9.10. The molecule has 122 valence electrons. The fraction of sp³-hybridized carbons (Fsp3) is 0.133. The highest BCUT2D eigenvalue weighted by atomic mass is 79.9. The van der Waals surface area contributed by atoms with Gasteiger partial charge < -0.3 is 10.5 Å². The second-order valence-electron chi connectivity index (χ2n) is 4.60. The average molecular weight is 399 g/mol. The molecule has 0 aliphatic rings. The number of hydrogen-bond donors (Lipinski definition) is 1. The maximum absolute atomic E-state index is 12.9. The van der Waals surface area contributed by atoms with Gasteiger partial charge in [-0.3, -0.25) is 9.10 Å². The standard InChI is InChI=1S/C15H15BrN2O4S/c1-22-14-5-3-2-4-13(14)18(10-15(17)19)23(20,21)12-8-6-11(16)7-9-12/h2-9H,10H2,1H3,(H2,17,19). The highest BCUT2D eigenvalue weighted by Crippen LogP contribution is 2.32. The van der Waals surface area contributed by atoms with E-state index in [1.54, 1.807) is 36.4 Å². The van der Waals surface area contributed by atoms with E-state index >= 15 is 0 Å². The molecule has 0 spiro atoms. The van der Waals surface area contributed by atoms with Crippen LogP contribution in [0.2, 0.25) is 0 Å². The minimum Gasteiger partial charge on any atom is -0.495 e. The van der Waals surface area contributed by atoms with E-state index in [1.807, 2.05) is 0 Å². The van der Waals surface area contributed by atoms with Gasteiger partial charge in [0.2, 0.25) is 5.91 Å². The number of para-hydroxylation sites is 2. The Hall–Kier alpha value is -2.06. The van der Waals surface area contributed by atoms with Crippen molar-refractivity contribution in [1.82, 2.24) is 0 Å². The van der Waals surface area contributed by atoms with Crippen molar-refractivity contribution in [2.24, 2.45) is 5.73 Å². The normalized spacial score (nSPS) is 11.0. The number of primary amides is 1. The Kier molecular flexibility index (Phi) is 5.27. The molecule has 1 amide bonds. The molecule has 23 heavy (non-hydrogen) atoms. The molecule has 2 rings (SSSR count). The molecular formula is C15H15BrN2O4S. The molecule has 8 heteroatoms. The SMILES string of the molecule is COc1ccccc1N(CC(N)=O)S(=O)(=O)c1ccc(Br)cc1. The van der Waals surface area contributed by atoms with Crippen LogP contribution in [0.4, 0.5) is 5.69 Å². The number of benzene rings is 2. The molecule has 2 N–H and O–H groups in total. The fourth-order valence-electron chi connectivity index (χ4n) is 2.01. The number of nitrogens with two attached hydrogens (primary N) is 1. The van der Waals surface area contributed by atoms with Gasteiger partial charge in [0.15, 0.2) is 0 Å². The number of halogens is 1. The predicted molar refractivity (Wildman–Crippen MR) is 90.9 cm³/mol.